The Hall–Kier alpha value is -1.39. The molecule has 2 rings (SSSR count). The van der Waals surface area contributed by atoms with Crippen molar-refractivity contribution in [1.29, 1.82) is 0 Å². The molecule has 0 aliphatic rings. The van der Waals surface area contributed by atoms with E-state index in [1.165, 1.54) is 13.2 Å². The Bertz CT molecular complexity index is 658. The number of carbonyl (C=O) groups is 1. The molecule has 0 heterocycles. The van der Waals surface area contributed by atoms with Gasteiger partial charge in [0.2, 0.25) is 0 Å². The van der Waals surface area contributed by atoms with Crippen LogP contribution in [0.25, 0.3) is 0 Å². The summed E-state index contributed by atoms with van der Waals surface area (Å²) in [5.74, 6) is -0.141. The molecular formula is C15H11BrClFO2. The molecule has 0 aromatic heterocycles. The lowest BCUT2D eigenvalue weighted by Crippen LogP contribution is -2.06. The summed E-state index contributed by atoms with van der Waals surface area (Å²) in [6, 6.07) is 9.42. The Labute approximate surface area is 129 Å². The highest BCUT2D eigenvalue weighted by Crippen LogP contribution is 2.26. The largest absolute Gasteiger partial charge is 0.496 e. The van der Waals surface area contributed by atoms with Crippen molar-refractivity contribution < 1.29 is 13.9 Å². The third-order valence-corrected chi connectivity index (χ3v) is 3.97. The van der Waals surface area contributed by atoms with Crippen molar-refractivity contribution in [1.82, 2.24) is 0 Å². The monoisotopic (exact) mass is 356 g/mol. The highest BCUT2D eigenvalue weighted by atomic mass is 79.9. The van der Waals surface area contributed by atoms with Crippen LogP contribution in [-0.4, -0.2) is 12.9 Å². The second kappa shape index (κ2) is 6.37. The van der Waals surface area contributed by atoms with Crippen LogP contribution in [0.15, 0.2) is 40.9 Å². The van der Waals surface area contributed by atoms with Gasteiger partial charge in [-0.25, -0.2) is 4.39 Å². The van der Waals surface area contributed by atoms with E-state index < -0.39 is 5.82 Å². The molecule has 20 heavy (non-hydrogen) atoms. The predicted octanol–water partition coefficient (Wildman–Crippen LogP) is 4.68. The minimum absolute atomic E-state index is 0.0797. The van der Waals surface area contributed by atoms with Gasteiger partial charge < -0.3 is 4.74 Å². The van der Waals surface area contributed by atoms with Gasteiger partial charge >= 0.3 is 0 Å². The first kappa shape index (κ1) is 15.0. The smallest absolute Gasteiger partial charge is 0.171 e. The van der Waals surface area contributed by atoms with Gasteiger partial charge in [-0.15, -0.1) is 0 Å². The molecule has 0 aliphatic carbocycles. The first-order valence-corrected chi connectivity index (χ1v) is 6.99. The maximum atomic E-state index is 13.4. The summed E-state index contributed by atoms with van der Waals surface area (Å²) in [6.07, 6.45) is 0.0797. The molecule has 2 aromatic carbocycles. The number of hydrogen-bond donors (Lipinski definition) is 0. The Kier molecular flexibility index (Phi) is 4.78. The van der Waals surface area contributed by atoms with Crippen molar-refractivity contribution in [2.24, 2.45) is 0 Å². The number of halogens is 3. The van der Waals surface area contributed by atoms with Crippen LogP contribution in [0.3, 0.4) is 0 Å². The summed E-state index contributed by atoms with van der Waals surface area (Å²) in [5, 5.41) is 0.491. The van der Waals surface area contributed by atoms with Crippen LogP contribution in [0.2, 0.25) is 5.02 Å². The highest BCUT2D eigenvalue weighted by molar-refractivity contribution is 9.10. The summed E-state index contributed by atoms with van der Waals surface area (Å²) in [7, 11) is 1.47. The summed E-state index contributed by atoms with van der Waals surface area (Å²) in [4.78, 5) is 12.3. The molecule has 0 fully saturated rings. The van der Waals surface area contributed by atoms with Gasteiger partial charge in [-0.05, 0) is 45.8 Å². The maximum absolute atomic E-state index is 13.4. The lowest BCUT2D eigenvalue weighted by molar-refractivity contribution is 0.0990. The van der Waals surface area contributed by atoms with Crippen molar-refractivity contribution in [3.8, 4) is 5.75 Å². The highest BCUT2D eigenvalue weighted by Gasteiger charge is 2.15. The van der Waals surface area contributed by atoms with E-state index in [0.29, 0.717) is 26.4 Å². The molecule has 2 aromatic rings. The van der Waals surface area contributed by atoms with Gasteiger partial charge in [0.05, 0.1) is 17.1 Å². The number of benzene rings is 2. The fraction of sp³-hybridized carbons (Fsp3) is 0.133. The first-order chi connectivity index (χ1) is 9.52. The van der Waals surface area contributed by atoms with Crippen LogP contribution >= 0.6 is 27.5 Å². The van der Waals surface area contributed by atoms with E-state index in [4.69, 9.17) is 16.3 Å². The lowest BCUT2D eigenvalue weighted by Gasteiger charge is -2.09. The van der Waals surface area contributed by atoms with Gasteiger partial charge in [-0.1, -0.05) is 23.7 Å². The standard InChI is InChI=1S/C15H11BrClFO2/c1-20-14-8-10(17)5-6-11(14)13(19)7-9-3-2-4-12(18)15(9)16/h2-6,8H,7H2,1H3. The van der Waals surface area contributed by atoms with E-state index in [0.717, 1.165) is 0 Å². The summed E-state index contributed by atoms with van der Waals surface area (Å²) in [6.45, 7) is 0. The molecule has 0 unspecified atom stereocenters. The Morgan fingerprint density at radius 3 is 2.80 bits per heavy atom. The van der Waals surface area contributed by atoms with E-state index in [2.05, 4.69) is 15.9 Å². The number of carbonyl (C=O) groups excluding carboxylic acids is 1. The Morgan fingerprint density at radius 1 is 1.35 bits per heavy atom. The normalized spacial score (nSPS) is 10.4. The van der Waals surface area contributed by atoms with Crippen LogP contribution in [0.5, 0.6) is 5.75 Å². The van der Waals surface area contributed by atoms with Crippen molar-refractivity contribution in [3.63, 3.8) is 0 Å². The molecule has 0 saturated heterocycles. The van der Waals surface area contributed by atoms with E-state index in [-0.39, 0.29) is 12.2 Å². The quantitative estimate of drug-likeness (QED) is 0.743. The van der Waals surface area contributed by atoms with Gasteiger partial charge in [0, 0.05) is 11.4 Å². The molecule has 0 amide bonds. The van der Waals surface area contributed by atoms with Crippen LogP contribution in [0.4, 0.5) is 4.39 Å². The van der Waals surface area contributed by atoms with Crippen LogP contribution in [-0.2, 0) is 6.42 Å². The molecule has 0 N–H and O–H groups in total. The first-order valence-electron chi connectivity index (χ1n) is 5.82. The van der Waals surface area contributed by atoms with Gasteiger partial charge in [-0.3, -0.25) is 4.79 Å². The molecule has 0 spiro atoms. The zero-order valence-corrected chi connectivity index (χ0v) is 13.0. The van der Waals surface area contributed by atoms with Crippen LogP contribution in [0.1, 0.15) is 15.9 Å². The number of methoxy groups -OCH3 is 1. The van der Waals surface area contributed by atoms with Crippen molar-refractivity contribution in [2.45, 2.75) is 6.42 Å². The van der Waals surface area contributed by atoms with Crippen molar-refractivity contribution >= 4 is 33.3 Å². The zero-order valence-electron chi connectivity index (χ0n) is 10.6. The molecule has 0 bridgehead atoms. The molecular weight excluding hydrogens is 347 g/mol. The number of rotatable bonds is 4. The number of hydrogen-bond acceptors (Lipinski definition) is 2. The predicted molar refractivity (Wildman–Crippen MR) is 80.1 cm³/mol. The maximum Gasteiger partial charge on any atom is 0.171 e. The fourth-order valence-corrected chi connectivity index (χ4v) is 2.42. The minimum atomic E-state index is -0.390. The zero-order chi connectivity index (χ0) is 14.7. The summed E-state index contributed by atoms with van der Waals surface area (Å²) in [5.41, 5.74) is 1.01. The molecule has 0 aliphatic heterocycles. The van der Waals surface area contributed by atoms with Crippen LogP contribution < -0.4 is 4.74 Å². The van der Waals surface area contributed by atoms with E-state index in [1.807, 2.05) is 0 Å². The molecule has 0 saturated carbocycles. The van der Waals surface area contributed by atoms with Gasteiger partial charge in [-0.2, -0.15) is 0 Å². The van der Waals surface area contributed by atoms with E-state index in [1.54, 1.807) is 30.3 Å². The van der Waals surface area contributed by atoms with Crippen molar-refractivity contribution in [2.75, 3.05) is 7.11 Å². The fourth-order valence-electron chi connectivity index (χ4n) is 1.85. The van der Waals surface area contributed by atoms with E-state index >= 15 is 0 Å². The lowest BCUT2D eigenvalue weighted by atomic mass is 10.0. The average molecular weight is 358 g/mol. The van der Waals surface area contributed by atoms with Gasteiger partial charge in [0.25, 0.3) is 0 Å². The van der Waals surface area contributed by atoms with Gasteiger partial charge in [0.15, 0.2) is 5.78 Å². The summed E-state index contributed by atoms with van der Waals surface area (Å²) < 4.78 is 18.9. The SMILES string of the molecule is COc1cc(Cl)ccc1C(=O)Cc1cccc(F)c1Br. The molecule has 104 valence electrons. The molecule has 5 heteroatoms. The third kappa shape index (κ3) is 3.19. The van der Waals surface area contributed by atoms with Crippen LogP contribution in [0, 0.1) is 5.82 Å². The molecule has 0 atom stereocenters. The minimum Gasteiger partial charge on any atom is -0.496 e. The molecule has 0 radical (unpaired) electrons. The summed E-state index contributed by atoms with van der Waals surface area (Å²) >= 11 is 9.01. The van der Waals surface area contributed by atoms with Crippen molar-refractivity contribution in [3.05, 3.63) is 62.8 Å². The second-order valence-electron chi connectivity index (χ2n) is 4.16. The number of ether oxygens (including phenoxy) is 1. The number of ketones is 1. The topological polar surface area (TPSA) is 26.3 Å². The number of Topliss-reactive ketones (excluding diaryl/α,β-unsaturated/α-hetero) is 1. The Morgan fingerprint density at radius 2 is 2.10 bits per heavy atom. The third-order valence-electron chi connectivity index (χ3n) is 2.85. The Balaban J connectivity index is 2.31. The van der Waals surface area contributed by atoms with E-state index in [9.17, 15) is 9.18 Å². The van der Waals surface area contributed by atoms with Gasteiger partial charge in [0.1, 0.15) is 11.6 Å². The molecule has 2 nitrogen and oxygen atoms in total. The average Bonchev–Trinajstić information content (AvgIpc) is 2.43. The second-order valence-corrected chi connectivity index (χ2v) is 5.39.